The van der Waals surface area contributed by atoms with Gasteiger partial charge in [0.1, 0.15) is 22.7 Å². The average molecular weight is 452 g/mol. The lowest BCUT2D eigenvalue weighted by molar-refractivity contribution is -0.140. The van der Waals surface area contributed by atoms with E-state index in [0.717, 1.165) is 6.07 Å². The van der Waals surface area contributed by atoms with Gasteiger partial charge in [-0.3, -0.25) is 0 Å². The van der Waals surface area contributed by atoms with Crippen LogP contribution in [0.15, 0.2) is 28.7 Å². The molecule has 10 heteroatoms. The molecule has 2 heterocycles. The molecule has 0 radical (unpaired) electrons. The Bertz CT molecular complexity index is 1150. The van der Waals surface area contributed by atoms with E-state index >= 15 is 0 Å². The van der Waals surface area contributed by atoms with Crippen LogP contribution in [-0.4, -0.2) is 39.9 Å². The summed E-state index contributed by atoms with van der Waals surface area (Å²) in [6.07, 6.45) is -4.85. The van der Waals surface area contributed by atoms with E-state index in [2.05, 4.69) is 9.97 Å². The Kier molecular flexibility index (Phi) is 6.19. The van der Waals surface area contributed by atoms with Crippen LogP contribution >= 0.6 is 0 Å². The second-order valence-corrected chi connectivity index (χ2v) is 8.25. The number of carboxylic acids is 1. The van der Waals surface area contributed by atoms with Crippen molar-refractivity contribution < 1.29 is 37.0 Å². The number of ether oxygens (including phenoxy) is 2. The Morgan fingerprint density at radius 1 is 1.16 bits per heavy atom. The number of aromatic carboxylic acids is 1. The molecule has 0 fully saturated rings. The molecular formula is C22H23F3N2O5. The van der Waals surface area contributed by atoms with E-state index in [4.69, 9.17) is 13.9 Å². The van der Waals surface area contributed by atoms with Crippen molar-refractivity contribution in [3.63, 3.8) is 0 Å². The van der Waals surface area contributed by atoms with Gasteiger partial charge in [0.05, 0.1) is 18.8 Å². The van der Waals surface area contributed by atoms with Crippen LogP contribution in [0.2, 0.25) is 0 Å². The first-order chi connectivity index (χ1) is 14.8. The average Bonchev–Trinajstić information content (AvgIpc) is 3.08. The van der Waals surface area contributed by atoms with E-state index in [-0.39, 0.29) is 46.5 Å². The molecule has 2 aromatic heterocycles. The van der Waals surface area contributed by atoms with Gasteiger partial charge in [0.25, 0.3) is 0 Å². The van der Waals surface area contributed by atoms with Crippen LogP contribution in [0.3, 0.4) is 0 Å². The number of nitrogens with zero attached hydrogens (tertiary/aromatic N) is 2. The van der Waals surface area contributed by atoms with Gasteiger partial charge >= 0.3 is 12.1 Å². The Labute approximate surface area is 182 Å². The van der Waals surface area contributed by atoms with Crippen LogP contribution in [0, 0.1) is 0 Å². The Balaban J connectivity index is 2.11. The van der Waals surface area contributed by atoms with Crippen molar-refractivity contribution in [1.82, 2.24) is 9.97 Å². The van der Waals surface area contributed by atoms with Gasteiger partial charge in [0.15, 0.2) is 5.69 Å². The summed E-state index contributed by atoms with van der Waals surface area (Å²) in [5.74, 6) is -1.09. The number of halogens is 3. The number of aromatic nitrogens is 2. The van der Waals surface area contributed by atoms with Crippen molar-refractivity contribution in [3.8, 4) is 17.2 Å². The number of fused-ring (bicyclic) bond motifs is 1. The molecule has 0 saturated carbocycles. The monoisotopic (exact) mass is 452 g/mol. The first-order valence-electron chi connectivity index (χ1n) is 9.76. The Morgan fingerprint density at radius 3 is 2.41 bits per heavy atom. The third kappa shape index (κ3) is 5.01. The highest BCUT2D eigenvalue weighted by Crippen LogP contribution is 2.37. The fraction of sp³-hybridized carbons (Fsp3) is 0.409. The van der Waals surface area contributed by atoms with E-state index in [1.54, 1.807) is 6.92 Å². The van der Waals surface area contributed by atoms with Crippen molar-refractivity contribution >= 4 is 16.9 Å². The summed E-state index contributed by atoms with van der Waals surface area (Å²) in [5.41, 5.74) is -1.55. The van der Waals surface area contributed by atoms with Gasteiger partial charge in [-0.15, -0.1) is 0 Å². The van der Waals surface area contributed by atoms with E-state index in [1.807, 2.05) is 20.8 Å². The molecule has 0 aliphatic carbocycles. The minimum Gasteiger partial charge on any atom is -0.494 e. The van der Waals surface area contributed by atoms with Crippen LogP contribution in [-0.2, 0) is 17.3 Å². The Morgan fingerprint density at radius 2 is 1.84 bits per heavy atom. The molecular weight excluding hydrogens is 429 g/mol. The number of pyridine rings is 1. The lowest BCUT2D eigenvalue weighted by Gasteiger charge is -2.24. The number of rotatable bonds is 6. The maximum atomic E-state index is 13.1. The second-order valence-electron chi connectivity index (χ2n) is 8.25. The highest BCUT2D eigenvalue weighted by Gasteiger charge is 2.33. The molecule has 172 valence electrons. The molecule has 1 N–H and O–H groups in total. The number of carboxylic acid groups (broad SMARTS) is 1. The quantitative estimate of drug-likeness (QED) is 0.538. The molecule has 3 aromatic rings. The Hall–Kier alpha value is -3.14. The molecule has 0 aliphatic heterocycles. The lowest BCUT2D eigenvalue weighted by atomic mass is 10.1. The van der Waals surface area contributed by atoms with Crippen LogP contribution in [0.5, 0.6) is 5.75 Å². The highest BCUT2D eigenvalue weighted by molar-refractivity contribution is 5.97. The molecule has 0 bridgehead atoms. The van der Waals surface area contributed by atoms with E-state index in [0.29, 0.717) is 5.56 Å². The third-order valence-electron chi connectivity index (χ3n) is 4.49. The number of carbonyl (C=O) groups is 1. The predicted molar refractivity (Wildman–Crippen MR) is 110 cm³/mol. The van der Waals surface area contributed by atoms with Gasteiger partial charge in [0.2, 0.25) is 5.89 Å². The van der Waals surface area contributed by atoms with Gasteiger partial charge < -0.3 is 19.0 Å². The first kappa shape index (κ1) is 23.5. The van der Waals surface area contributed by atoms with Crippen LogP contribution < -0.4 is 4.74 Å². The zero-order valence-corrected chi connectivity index (χ0v) is 18.2. The number of oxazole rings is 1. The number of alkyl halides is 3. The van der Waals surface area contributed by atoms with E-state index in [1.165, 1.54) is 25.3 Å². The van der Waals surface area contributed by atoms with E-state index < -0.39 is 23.4 Å². The summed E-state index contributed by atoms with van der Waals surface area (Å²) in [4.78, 5) is 19.5. The molecule has 1 atom stereocenters. The molecule has 0 amide bonds. The van der Waals surface area contributed by atoms with Crippen molar-refractivity contribution in [3.05, 3.63) is 41.4 Å². The fourth-order valence-corrected chi connectivity index (χ4v) is 3.38. The summed E-state index contributed by atoms with van der Waals surface area (Å²) in [7, 11) is 1.32. The van der Waals surface area contributed by atoms with Crippen LogP contribution in [0.1, 0.15) is 49.6 Å². The fourth-order valence-electron chi connectivity index (χ4n) is 3.38. The first-order valence-corrected chi connectivity index (χ1v) is 9.76. The normalized spacial score (nSPS) is 13.4. The molecule has 32 heavy (non-hydrogen) atoms. The van der Waals surface area contributed by atoms with Gasteiger partial charge in [-0.1, -0.05) is 0 Å². The highest BCUT2D eigenvalue weighted by atomic mass is 19.4. The summed E-state index contributed by atoms with van der Waals surface area (Å²) < 4.78 is 56.2. The number of benzene rings is 1. The summed E-state index contributed by atoms with van der Waals surface area (Å²) >= 11 is 0. The van der Waals surface area contributed by atoms with Gasteiger partial charge in [-0.2, -0.15) is 13.2 Å². The molecule has 0 unspecified atom stereocenters. The molecule has 3 rings (SSSR count). The van der Waals surface area contributed by atoms with Crippen LogP contribution in [0.4, 0.5) is 13.2 Å². The summed E-state index contributed by atoms with van der Waals surface area (Å²) in [5, 5.41) is 9.85. The zero-order valence-electron chi connectivity index (χ0n) is 18.2. The van der Waals surface area contributed by atoms with Gasteiger partial charge in [-0.05, 0) is 52.0 Å². The third-order valence-corrected chi connectivity index (χ3v) is 4.49. The number of hydrogen-bond donors (Lipinski definition) is 1. The minimum atomic E-state index is -4.63. The predicted octanol–water partition coefficient (Wildman–Crippen LogP) is 5.36. The maximum Gasteiger partial charge on any atom is 0.433 e. The largest absolute Gasteiger partial charge is 0.494 e. The maximum absolute atomic E-state index is 13.1. The summed E-state index contributed by atoms with van der Waals surface area (Å²) in [6.45, 7) is 7.40. The minimum absolute atomic E-state index is 0.0408. The number of hydrogen-bond acceptors (Lipinski definition) is 6. The standard InChI is InChI=1S/C22H23F3N2O5/c1-11(32-21(2,3)4)10-15-18(20(28)29)27-19(31-15)13-6-8-14(30-5)17-12(13)7-9-16(26-17)22(23,24)25/h6-9,11H,10H2,1-5H3,(H,28,29)/t11-/m1/s1. The van der Waals surface area contributed by atoms with Gasteiger partial charge in [0, 0.05) is 17.4 Å². The SMILES string of the molecule is COc1ccc(-c2nc(C(=O)O)c(C[C@@H](C)OC(C)(C)C)o2)c2ccc(C(F)(F)F)nc12. The zero-order chi connectivity index (χ0) is 23.8. The topological polar surface area (TPSA) is 94.7 Å². The van der Waals surface area contributed by atoms with Crippen LogP contribution in [0.25, 0.3) is 22.4 Å². The van der Waals surface area contributed by atoms with Gasteiger partial charge in [-0.25, -0.2) is 14.8 Å². The second kappa shape index (κ2) is 8.42. The molecule has 0 aliphatic rings. The van der Waals surface area contributed by atoms with E-state index in [9.17, 15) is 23.1 Å². The summed E-state index contributed by atoms with van der Waals surface area (Å²) in [6, 6.07) is 5.04. The van der Waals surface area contributed by atoms with Crippen molar-refractivity contribution in [2.45, 2.75) is 52.0 Å². The lowest BCUT2D eigenvalue weighted by Crippen LogP contribution is -2.27. The van der Waals surface area contributed by atoms with Crippen molar-refractivity contribution in [1.29, 1.82) is 0 Å². The molecule has 1 aromatic carbocycles. The molecule has 0 saturated heterocycles. The van der Waals surface area contributed by atoms with Crippen molar-refractivity contribution in [2.24, 2.45) is 0 Å². The number of methoxy groups -OCH3 is 1. The molecule has 0 spiro atoms. The molecule has 7 nitrogen and oxygen atoms in total. The smallest absolute Gasteiger partial charge is 0.433 e. The van der Waals surface area contributed by atoms with Crippen molar-refractivity contribution in [2.75, 3.05) is 7.11 Å².